The van der Waals surface area contributed by atoms with Gasteiger partial charge in [0.05, 0.1) is 39.0 Å². The number of aliphatic hydroxyl groups is 1. The number of amides is 1. The summed E-state index contributed by atoms with van der Waals surface area (Å²) in [5.74, 6) is -1.24. The summed E-state index contributed by atoms with van der Waals surface area (Å²) in [5, 5.41) is 15.1. The summed E-state index contributed by atoms with van der Waals surface area (Å²) in [6, 6.07) is 2.73. The van der Waals surface area contributed by atoms with Gasteiger partial charge in [-0.25, -0.2) is 14.2 Å². The second-order valence-electron chi connectivity index (χ2n) is 10.0. The number of cyclic esters (lactones) is 1. The lowest BCUT2D eigenvalue weighted by Crippen LogP contribution is -2.44. The SMILES string of the molecule is CC[C@@]1(O)C(=O)OCc2c1cc1n(c2=O)Cc2c-1nc1cc(F)c(C)c3c1c2[C@@H](NC(=O)C(C)I)CC3. The van der Waals surface area contributed by atoms with Gasteiger partial charge in [-0.1, -0.05) is 29.5 Å². The summed E-state index contributed by atoms with van der Waals surface area (Å²) in [5.41, 5.74) is 2.67. The number of carbonyl (C=O) groups excluding carboxylic acids is 2. The first-order valence-corrected chi connectivity index (χ1v) is 13.6. The quantitative estimate of drug-likeness (QED) is 0.207. The van der Waals surface area contributed by atoms with Crippen LogP contribution in [-0.2, 0) is 39.5 Å². The largest absolute Gasteiger partial charge is 0.458 e. The third-order valence-electron chi connectivity index (χ3n) is 8.06. The van der Waals surface area contributed by atoms with Crippen molar-refractivity contribution in [3.05, 3.63) is 61.7 Å². The minimum Gasteiger partial charge on any atom is -0.458 e. The lowest BCUT2D eigenvalue weighted by molar-refractivity contribution is -0.172. The van der Waals surface area contributed by atoms with Gasteiger partial charge in [0, 0.05) is 22.6 Å². The first-order valence-electron chi connectivity index (χ1n) is 12.3. The molecule has 3 aromatic rings. The second-order valence-corrected chi connectivity index (χ2v) is 11.9. The van der Waals surface area contributed by atoms with Gasteiger partial charge in [-0.2, -0.15) is 0 Å². The predicted octanol–water partition coefficient (Wildman–Crippen LogP) is 3.45. The highest BCUT2D eigenvalue weighted by atomic mass is 127. The second kappa shape index (κ2) is 8.32. The minimum absolute atomic E-state index is 0.0431. The molecule has 1 aliphatic carbocycles. The Morgan fingerprint density at radius 2 is 2.11 bits per heavy atom. The number of rotatable bonds is 3. The number of aromatic nitrogens is 2. The number of pyridine rings is 2. The van der Waals surface area contributed by atoms with Crippen LogP contribution in [0.1, 0.15) is 66.1 Å². The molecular formula is C27H25FIN3O5. The van der Waals surface area contributed by atoms with Crippen molar-refractivity contribution in [3.63, 3.8) is 0 Å². The molecule has 1 amide bonds. The van der Waals surface area contributed by atoms with E-state index >= 15 is 0 Å². The molecule has 192 valence electrons. The van der Waals surface area contributed by atoms with Gasteiger partial charge in [-0.3, -0.25) is 9.59 Å². The Labute approximate surface area is 225 Å². The average molecular weight is 617 g/mol. The molecule has 0 fully saturated rings. The van der Waals surface area contributed by atoms with E-state index in [0.717, 1.165) is 22.1 Å². The van der Waals surface area contributed by atoms with Crippen molar-refractivity contribution >= 4 is 45.4 Å². The lowest BCUT2D eigenvalue weighted by atomic mass is 9.81. The Balaban J connectivity index is 1.65. The Hall–Kier alpha value is -2.86. The number of alkyl halides is 1. The molecule has 37 heavy (non-hydrogen) atoms. The summed E-state index contributed by atoms with van der Waals surface area (Å²) in [6.45, 7) is 5.23. The van der Waals surface area contributed by atoms with Crippen LogP contribution >= 0.6 is 22.6 Å². The van der Waals surface area contributed by atoms with Crippen molar-refractivity contribution in [1.82, 2.24) is 14.9 Å². The van der Waals surface area contributed by atoms with Crippen LogP contribution in [-0.4, -0.2) is 30.5 Å². The highest BCUT2D eigenvalue weighted by Crippen LogP contribution is 2.46. The molecule has 0 spiro atoms. The number of esters is 1. The van der Waals surface area contributed by atoms with E-state index in [0.29, 0.717) is 35.3 Å². The van der Waals surface area contributed by atoms with Crippen LogP contribution in [0.3, 0.4) is 0 Å². The lowest BCUT2D eigenvalue weighted by Gasteiger charge is -2.31. The molecule has 0 radical (unpaired) electrons. The molecule has 0 saturated heterocycles. The molecule has 4 heterocycles. The molecule has 1 aromatic carbocycles. The maximum atomic E-state index is 14.9. The number of ether oxygens (including phenoxy) is 1. The Morgan fingerprint density at radius 3 is 2.81 bits per heavy atom. The van der Waals surface area contributed by atoms with Crippen molar-refractivity contribution in [2.45, 2.75) is 68.8 Å². The number of carbonyl (C=O) groups is 2. The van der Waals surface area contributed by atoms with Crippen LogP contribution in [0.4, 0.5) is 4.39 Å². The predicted molar refractivity (Wildman–Crippen MR) is 142 cm³/mol. The van der Waals surface area contributed by atoms with Gasteiger partial charge in [0.2, 0.25) is 5.91 Å². The zero-order chi connectivity index (χ0) is 26.4. The van der Waals surface area contributed by atoms with Gasteiger partial charge >= 0.3 is 5.97 Å². The first-order chi connectivity index (χ1) is 17.6. The van der Waals surface area contributed by atoms with E-state index in [-0.39, 0.29) is 57.9 Å². The van der Waals surface area contributed by atoms with E-state index in [2.05, 4.69) is 27.9 Å². The first kappa shape index (κ1) is 24.5. The zero-order valence-corrected chi connectivity index (χ0v) is 22.7. The van der Waals surface area contributed by atoms with Gasteiger partial charge < -0.3 is 19.7 Å². The fraction of sp³-hybridized carbons (Fsp3) is 0.407. The summed E-state index contributed by atoms with van der Waals surface area (Å²) >= 11 is 2.07. The monoisotopic (exact) mass is 617 g/mol. The smallest absolute Gasteiger partial charge is 0.343 e. The molecule has 2 aliphatic heterocycles. The fourth-order valence-corrected chi connectivity index (χ4v) is 6.17. The van der Waals surface area contributed by atoms with E-state index in [1.165, 1.54) is 6.07 Å². The Kier molecular flexibility index (Phi) is 5.50. The third kappa shape index (κ3) is 3.34. The van der Waals surface area contributed by atoms with Gasteiger partial charge in [0.15, 0.2) is 5.60 Å². The van der Waals surface area contributed by atoms with Crippen LogP contribution in [0.25, 0.3) is 22.3 Å². The fourth-order valence-electron chi connectivity index (χ4n) is 5.99. The van der Waals surface area contributed by atoms with E-state index in [1.807, 2.05) is 6.92 Å². The molecule has 1 unspecified atom stereocenters. The van der Waals surface area contributed by atoms with E-state index in [1.54, 1.807) is 24.5 Å². The molecule has 2 aromatic heterocycles. The summed E-state index contributed by atoms with van der Waals surface area (Å²) in [6.07, 6.45) is 1.23. The van der Waals surface area contributed by atoms with Crippen molar-refractivity contribution in [2.75, 3.05) is 0 Å². The summed E-state index contributed by atoms with van der Waals surface area (Å²) < 4.78 is 21.4. The highest BCUT2D eigenvalue weighted by molar-refractivity contribution is 14.1. The van der Waals surface area contributed by atoms with Gasteiger partial charge in [0.1, 0.15) is 12.4 Å². The third-order valence-corrected chi connectivity index (χ3v) is 8.62. The van der Waals surface area contributed by atoms with Crippen molar-refractivity contribution in [2.24, 2.45) is 0 Å². The number of aryl methyl sites for hydroxylation is 1. The molecule has 0 saturated carbocycles. The number of benzene rings is 1. The minimum atomic E-state index is -1.93. The standard InChI is InChI=1S/C27H25FIN3O5/c1-4-27(36)16-7-20-23-14(9-32(20)25(34)15(16)10-37-26(27)35)22-18(31-24(33)12(3)29)6-5-13-11(2)17(28)8-19(30-23)21(13)22/h7-8,12,18,36H,4-6,9-10H2,1-3H3,(H,31,33)/t12?,18-,27-/m0/s1. The maximum Gasteiger partial charge on any atom is 0.343 e. The molecule has 6 rings (SSSR count). The van der Waals surface area contributed by atoms with Crippen LogP contribution in [0.5, 0.6) is 0 Å². The van der Waals surface area contributed by atoms with E-state index in [4.69, 9.17) is 9.72 Å². The number of fused-ring (bicyclic) bond motifs is 5. The number of halogens is 2. The van der Waals surface area contributed by atoms with Gasteiger partial charge in [-0.15, -0.1) is 0 Å². The van der Waals surface area contributed by atoms with Crippen LogP contribution in [0, 0.1) is 12.7 Å². The average Bonchev–Trinajstić information content (AvgIpc) is 3.24. The van der Waals surface area contributed by atoms with Gasteiger partial charge in [0.25, 0.3) is 5.56 Å². The summed E-state index contributed by atoms with van der Waals surface area (Å²) in [7, 11) is 0. The molecular weight excluding hydrogens is 592 g/mol. The molecule has 3 aliphatic rings. The molecule has 3 atom stereocenters. The molecule has 10 heteroatoms. The topological polar surface area (TPSA) is 111 Å². The van der Waals surface area contributed by atoms with Crippen molar-refractivity contribution < 1.29 is 23.8 Å². The number of nitrogens with zero attached hydrogens (tertiary/aromatic N) is 2. The number of hydrogen-bond donors (Lipinski definition) is 2. The van der Waals surface area contributed by atoms with Gasteiger partial charge in [-0.05, 0) is 55.9 Å². The van der Waals surface area contributed by atoms with Crippen molar-refractivity contribution in [3.8, 4) is 11.4 Å². The summed E-state index contributed by atoms with van der Waals surface area (Å²) in [4.78, 5) is 43.6. The Morgan fingerprint density at radius 1 is 1.35 bits per heavy atom. The molecule has 8 nitrogen and oxygen atoms in total. The molecule has 2 N–H and O–H groups in total. The van der Waals surface area contributed by atoms with Crippen LogP contribution in [0.15, 0.2) is 16.9 Å². The van der Waals surface area contributed by atoms with E-state index < -0.39 is 11.6 Å². The normalized spacial score (nSPS) is 22.2. The zero-order valence-electron chi connectivity index (χ0n) is 20.6. The van der Waals surface area contributed by atoms with Crippen LogP contribution < -0.4 is 10.9 Å². The number of hydrogen-bond acceptors (Lipinski definition) is 6. The van der Waals surface area contributed by atoms with Crippen LogP contribution in [0.2, 0.25) is 0 Å². The highest BCUT2D eigenvalue weighted by Gasteiger charge is 2.46. The van der Waals surface area contributed by atoms with Crippen molar-refractivity contribution in [1.29, 1.82) is 0 Å². The maximum absolute atomic E-state index is 14.9. The number of nitrogens with one attached hydrogen (secondary N) is 1. The Bertz CT molecular complexity index is 1610. The molecule has 0 bridgehead atoms. The van der Waals surface area contributed by atoms with E-state index in [9.17, 15) is 23.9 Å².